The summed E-state index contributed by atoms with van der Waals surface area (Å²) in [5.74, 6) is -2.64. The first-order valence-corrected chi connectivity index (χ1v) is 7.92. The Morgan fingerprint density at radius 3 is 1.86 bits per heavy atom. The van der Waals surface area contributed by atoms with E-state index in [4.69, 9.17) is 0 Å². The minimum Gasteiger partial charge on any atom is -0.481 e. The predicted octanol–water partition coefficient (Wildman–Crippen LogP) is 1.61. The SMILES string of the molecule is O=C(NNC(=O)C1CCCC[C@@H]1C(=O)O)C1CCCCC1. The third-order valence-electron chi connectivity index (χ3n) is 4.70. The van der Waals surface area contributed by atoms with Gasteiger partial charge in [-0.05, 0) is 25.7 Å². The molecule has 2 rings (SSSR count). The molecular formula is C15H24N2O4. The van der Waals surface area contributed by atoms with E-state index in [1.54, 1.807) is 0 Å². The lowest BCUT2D eigenvalue weighted by Crippen LogP contribution is -2.49. The summed E-state index contributed by atoms with van der Waals surface area (Å²) in [6, 6.07) is 0. The van der Waals surface area contributed by atoms with E-state index in [1.807, 2.05) is 0 Å². The molecule has 2 aliphatic carbocycles. The fraction of sp³-hybridized carbons (Fsp3) is 0.800. The van der Waals surface area contributed by atoms with E-state index in [9.17, 15) is 19.5 Å². The quantitative estimate of drug-likeness (QED) is 0.689. The van der Waals surface area contributed by atoms with Gasteiger partial charge in [0.25, 0.3) is 0 Å². The highest BCUT2D eigenvalue weighted by Crippen LogP contribution is 2.30. The molecule has 0 spiro atoms. The molecule has 6 nitrogen and oxygen atoms in total. The van der Waals surface area contributed by atoms with Crippen LogP contribution >= 0.6 is 0 Å². The monoisotopic (exact) mass is 296 g/mol. The van der Waals surface area contributed by atoms with Crippen LogP contribution < -0.4 is 10.9 Å². The number of nitrogens with one attached hydrogen (secondary N) is 2. The van der Waals surface area contributed by atoms with Crippen LogP contribution in [0.1, 0.15) is 57.8 Å². The van der Waals surface area contributed by atoms with E-state index in [-0.39, 0.29) is 17.7 Å². The molecule has 2 atom stereocenters. The summed E-state index contributed by atoms with van der Waals surface area (Å²) in [6.45, 7) is 0. The Labute approximate surface area is 124 Å². The van der Waals surface area contributed by atoms with Crippen LogP contribution in [0.2, 0.25) is 0 Å². The molecule has 0 aromatic rings. The zero-order chi connectivity index (χ0) is 15.2. The maximum atomic E-state index is 12.1. The first-order valence-electron chi connectivity index (χ1n) is 7.92. The average molecular weight is 296 g/mol. The minimum absolute atomic E-state index is 0.0272. The Morgan fingerprint density at radius 2 is 1.24 bits per heavy atom. The number of hydrogen-bond donors (Lipinski definition) is 3. The van der Waals surface area contributed by atoms with Crippen molar-refractivity contribution in [3.05, 3.63) is 0 Å². The standard InChI is InChI=1S/C15H24N2O4/c18-13(10-6-2-1-3-7-10)16-17-14(19)11-8-4-5-9-12(11)15(20)21/h10-12H,1-9H2,(H,16,18)(H,17,19)(H,20,21)/t11?,12-/m0/s1. The summed E-state index contributed by atoms with van der Waals surface area (Å²) in [7, 11) is 0. The molecule has 2 amide bonds. The van der Waals surface area contributed by atoms with Crippen molar-refractivity contribution in [3.8, 4) is 0 Å². The number of carbonyl (C=O) groups is 3. The Bertz CT molecular complexity index is 404. The Balaban J connectivity index is 1.82. The lowest BCUT2D eigenvalue weighted by molar-refractivity contribution is -0.149. The van der Waals surface area contributed by atoms with Crippen LogP contribution in [0.15, 0.2) is 0 Å². The van der Waals surface area contributed by atoms with Gasteiger partial charge in [0.1, 0.15) is 0 Å². The molecule has 1 unspecified atom stereocenters. The highest BCUT2D eigenvalue weighted by molar-refractivity contribution is 5.87. The zero-order valence-corrected chi connectivity index (χ0v) is 12.3. The van der Waals surface area contributed by atoms with Gasteiger partial charge in [0, 0.05) is 5.92 Å². The third kappa shape index (κ3) is 4.19. The van der Waals surface area contributed by atoms with E-state index in [0.717, 1.165) is 38.5 Å². The van der Waals surface area contributed by atoms with E-state index >= 15 is 0 Å². The highest BCUT2D eigenvalue weighted by atomic mass is 16.4. The van der Waals surface area contributed by atoms with Gasteiger partial charge in [-0.25, -0.2) is 0 Å². The fourth-order valence-corrected chi connectivity index (χ4v) is 3.42. The van der Waals surface area contributed by atoms with Crippen molar-refractivity contribution in [2.75, 3.05) is 0 Å². The number of aliphatic carboxylic acids is 1. The van der Waals surface area contributed by atoms with E-state index in [0.29, 0.717) is 12.8 Å². The smallest absolute Gasteiger partial charge is 0.307 e. The van der Waals surface area contributed by atoms with Gasteiger partial charge in [-0.1, -0.05) is 32.1 Å². The number of amides is 2. The molecule has 2 aliphatic rings. The summed E-state index contributed by atoms with van der Waals surface area (Å²) in [5.41, 5.74) is 4.91. The number of carboxylic acids is 1. The van der Waals surface area contributed by atoms with Crippen LogP contribution in [-0.4, -0.2) is 22.9 Å². The summed E-state index contributed by atoms with van der Waals surface area (Å²) in [5, 5.41) is 9.17. The van der Waals surface area contributed by atoms with Crippen LogP contribution in [0, 0.1) is 17.8 Å². The first kappa shape index (κ1) is 15.8. The topological polar surface area (TPSA) is 95.5 Å². The van der Waals surface area contributed by atoms with Gasteiger partial charge >= 0.3 is 5.97 Å². The minimum atomic E-state index is -0.923. The molecule has 0 bridgehead atoms. The van der Waals surface area contributed by atoms with Crippen molar-refractivity contribution >= 4 is 17.8 Å². The van der Waals surface area contributed by atoms with Crippen molar-refractivity contribution in [1.29, 1.82) is 0 Å². The van der Waals surface area contributed by atoms with Gasteiger partial charge in [-0.3, -0.25) is 25.2 Å². The molecule has 0 saturated heterocycles. The Hall–Kier alpha value is -1.59. The summed E-state index contributed by atoms with van der Waals surface area (Å²) < 4.78 is 0. The first-order chi connectivity index (χ1) is 10.1. The van der Waals surface area contributed by atoms with Crippen LogP contribution in [0.5, 0.6) is 0 Å². The molecule has 3 N–H and O–H groups in total. The number of rotatable bonds is 3. The highest BCUT2D eigenvalue weighted by Gasteiger charge is 2.36. The molecule has 0 radical (unpaired) electrons. The number of hydrazine groups is 1. The summed E-state index contributed by atoms with van der Waals surface area (Å²) in [4.78, 5) is 35.3. The van der Waals surface area contributed by atoms with Gasteiger partial charge in [0.15, 0.2) is 0 Å². The molecule has 118 valence electrons. The maximum Gasteiger partial charge on any atom is 0.307 e. The lowest BCUT2D eigenvalue weighted by atomic mass is 9.79. The summed E-state index contributed by atoms with van der Waals surface area (Å²) in [6.07, 6.45) is 7.80. The Kier molecular flexibility index (Phi) is 5.59. The van der Waals surface area contributed by atoms with Crippen molar-refractivity contribution in [2.24, 2.45) is 17.8 Å². The van der Waals surface area contributed by atoms with E-state index in [2.05, 4.69) is 10.9 Å². The third-order valence-corrected chi connectivity index (χ3v) is 4.70. The van der Waals surface area contributed by atoms with E-state index < -0.39 is 17.8 Å². The van der Waals surface area contributed by atoms with Crippen LogP contribution in [0.3, 0.4) is 0 Å². The van der Waals surface area contributed by atoms with Crippen molar-refractivity contribution in [2.45, 2.75) is 57.8 Å². The molecule has 0 aromatic carbocycles. The predicted molar refractivity (Wildman–Crippen MR) is 75.9 cm³/mol. The van der Waals surface area contributed by atoms with Crippen molar-refractivity contribution < 1.29 is 19.5 Å². The van der Waals surface area contributed by atoms with Gasteiger partial charge in [0.2, 0.25) is 11.8 Å². The van der Waals surface area contributed by atoms with Gasteiger partial charge < -0.3 is 5.11 Å². The van der Waals surface area contributed by atoms with Gasteiger partial charge in [-0.15, -0.1) is 0 Å². The number of hydrogen-bond acceptors (Lipinski definition) is 3. The molecule has 0 heterocycles. The molecule has 21 heavy (non-hydrogen) atoms. The largest absolute Gasteiger partial charge is 0.481 e. The van der Waals surface area contributed by atoms with Crippen molar-refractivity contribution in [3.63, 3.8) is 0 Å². The van der Waals surface area contributed by atoms with Gasteiger partial charge in [0.05, 0.1) is 11.8 Å². The van der Waals surface area contributed by atoms with Gasteiger partial charge in [-0.2, -0.15) is 0 Å². The molecule has 0 aliphatic heterocycles. The number of carboxylic acid groups (broad SMARTS) is 1. The average Bonchev–Trinajstić information content (AvgIpc) is 2.53. The Morgan fingerprint density at radius 1 is 0.714 bits per heavy atom. The second-order valence-corrected chi connectivity index (χ2v) is 6.15. The van der Waals surface area contributed by atoms with Crippen molar-refractivity contribution in [1.82, 2.24) is 10.9 Å². The molecule has 2 saturated carbocycles. The maximum absolute atomic E-state index is 12.1. The second-order valence-electron chi connectivity index (χ2n) is 6.15. The normalized spacial score (nSPS) is 26.9. The molecule has 2 fully saturated rings. The van der Waals surface area contributed by atoms with Crippen LogP contribution in [-0.2, 0) is 14.4 Å². The second kappa shape index (κ2) is 7.43. The van der Waals surface area contributed by atoms with E-state index in [1.165, 1.54) is 6.42 Å². The van der Waals surface area contributed by atoms with Crippen LogP contribution in [0.4, 0.5) is 0 Å². The van der Waals surface area contributed by atoms with Crippen LogP contribution in [0.25, 0.3) is 0 Å². The summed E-state index contributed by atoms with van der Waals surface area (Å²) >= 11 is 0. The fourth-order valence-electron chi connectivity index (χ4n) is 3.42. The molecule has 6 heteroatoms. The zero-order valence-electron chi connectivity index (χ0n) is 12.3. The lowest BCUT2D eigenvalue weighted by Gasteiger charge is -2.28. The number of carbonyl (C=O) groups excluding carboxylic acids is 2. The molecule has 0 aromatic heterocycles. The molecular weight excluding hydrogens is 272 g/mol.